The van der Waals surface area contributed by atoms with E-state index in [2.05, 4.69) is 106 Å². The van der Waals surface area contributed by atoms with E-state index in [0.717, 1.165) is 10.9 Å². The molecule has 180 valence electrons. The molecule has 4 nitrogen and oxygen atoms in total. The SMILES string of the molecule is CC(C)C1OB(c2ccc3c(c2)C(C)(C)c2cc(B4OC(C)(C)C(C)(C)O4)ccc2-3)OC1(C)C. The molecule has 2 aliphatic heterocycles. The zero-order valence-electron chi connectivity index (χ0n) is 22.4. The van der Waals surface area contributed by atoms with Crippen molar-refractivity contribution < 1.29 is 18.6 Å². The molecular formula is C28H38B2O4. The molecule has 0 spiro atoms. The maximum absolute atomic E-state index is 6.40. The molecule has 2 fully saturated rings. The Bertz CT molecular complexity index is 1120. The summed E-state index contributed by atoms with van der Waals surface area (Å²) >= 11 is 0. The van der Waals surface area contributed by atoms with E-state index in [0.29, 0.717) is 5.92 Å². The van der Waals surface area contributed by atoms with Gasteiger partial charge in [0.2, 0.25) is 0 Å². The maximum atomic E-state index is 6.40. The predicted molar refractivity (Wildman–Crippen MR) is 140 cm³/mol. The summed E-state index contributed by atoms with van der Waals surface area (Å²) in [5.74, 6) is 0.392. The molecule has 1 atom stereocenters. The van der Waals surface area contributed by atoms with Crippen LogP contribution in [0, 0.1) is 5.92 Å². The Morgan fingerprint density at radius 1 is 0.676 bits per heavy atom. The molecule has 2 aromatic carbocycles. The van der Waals surface area contributed by atoms with E-state index in [1.165, 1.54) is 22.3 Å². The molecule has 0 radical (unpaired) electrons. The van der Waals surface area contributed by atoms with Crippen LogP contribution in [0.4, 0.5) is 0 Å². The lowest BCUT2D eigenvalue weighted by atomic mass is 9.73. The number of fused-ring (bicyclic) bond motifs is 3. The lowest BCUT2D eigenvalue weighted by molar-refractivity contribution is 0.00578. The van der Waals surface area contributed by atoms with E-state index in [-0.39, 0.29) is 42.6 Å². The van der Waals surface area contributed by atoms with Gasteiger partial charge in [-0.1, -0.05) is 64.1 Å². The summed E-state index contributed by atoms with van der Waals surface area (Å²) in [7, 11) is -0.701. The predicted octanol–water partition coefficient (Wildman–Crippen LogP) is 4.84. The molecular weight excluding hydrogens is 422 g/mol. The van der Waals surface area contributed by atoms with Crippen molar-refractivity contribution in [1.29, 1.82) is 0 Å². The third-order valence-electron chi connectivity index (χ3n) is 8.49. The molecule has 2 aromatic rings. The molecule has 0 amide bonds. The van der Waals surface area contributed by atoms with E-state index in [9.17, 15) is 0 Å². The molecule has 6 heteroatoms. The Kier molecular flexibility index (Phi) is 5.29. The highest BCUT2D eigenvalue weighted by Crippen LogP contribution is 2.48. The van der Waals surface area contributed by atoms with Gasteiger partial charge in [-0.2, -0.15) is 0 Å². The van der Waals surface area contributed by atoms with E-state index in [1.54, 1.807) is 0 Å². The second kappa shape index (κ2) is 7.46. The Morgan fingerprint density at radius 2 is 1.15 bits per heavy atom. The minimum atomic E-state index is -0.360. The monoisotopic (exact) mass is 460 g/mol. The van der Waals surface area contributed by atoms with Crippen LogP contribution in [0.2, 0.25) is 0 Å². The lowest BCUT2D eigenvalue weighted by Crippen LogP contribution is -2.41. The van der Waals surface area contributed by atoms with Gasteiger partial charge in [-0.3, -0.25) is 0 Å². The largest absolute Gasteiger partial charge is 0.494 e. The average molecular weight is 460 g/mol. The number of hydrogen-bond donors (Lipinski definition) is 0. The van der Waals surface area contributed by atoms with Gasteiger partial charge in [-0.15, -0.1) is 0 Å². The molecule has 34 heavy (non-hydrogen) atoms. The Morgan fingerprint density at radius 3 is 1.59 bits per heavy atom. The first-order valence-electron chi connectivity index (χ1n) is 12.6. The van der Waals surface area contributed by atoms with Crippen LogP contribution in [0.25, 0.3) is 11.1 Å². The fraction of sp³-hybridized carbons (Fsp3) is 0.571. The van der Waals surface area contributed by atoms with Crippen LogP contribution < -0.4 is 10.9 Å². The van der Waals surface area contributed by atoms with E-state index in [1.807, 2.05) is 0 Å². The quantitative estimate of drug-likeness (QED) is 0.615. The van der Waals surface area contributed by atoms with Crippen molar-refractivity contribution in [3.8, 4) is 11.1 Å². The Hall–Kier alpha value is -1.59. The van der Waals surface area contributed by atoms with Crippen LogP contribution >= 0.6 is 0 Å². The van der Waals surface area contributed by atoms with Gasteiger partial charge in [-0.05, 0) is 80.6 Å². The van der Waals surface area contributed by atoms with Crippen LogP contribution in [0.15, 0.2) is 36.4 Å². The van der Waals surface area contributed by atoms with Crippen molar-refractivity contribution in [3.05, 3.63) is 47.5 Å². The summed E-state index contributed by atoms with van der Waals surface area (Å²) in [5.41, 5.74) is 6.16. The molecule has 0 aromatic heterocycles. The van der Waals surface area contributed by atoms with Gasteiger partial charge in [0.05, 0.1) is 22.9 Å². The number of rotatable bonds is 3. The van der Waals surface area contributed by atoms with Gasteiger partial charge in [0.25, 0.3) is 0 Å². The minimum absolute atomic E-state index is 0.0680. The average Bonchev–Trinajstić information content (AvgIpc) is 3.26. The van der Waals surface area contributed by atoms with Crippen LogP contribution in [0.1, 0.15) is 80.4 Å². The van der Waals surface area contributed by atoms with Crippen LogP contribution in [-0.4, -0.2) is 37.1 Å². The van der Waals surface area contributed by atoms with Crippen molar-refractivity contribution in [2.45, 2.75) is 97.6 Å². The fourth-order valence-corrected chi connectivity index (χ4v) is 5.82. The molecule has 2 saturated heterocycles. The highest BCUT2D eigenvalue weighted by molar-refractivity contribution is 6.62. The van der Waals surface area contributed by atoms with Crippen molar-refractivity contribution >= 4 is 25.2 Å². The highest BCUT2D eigenvalue weighted by atomic mass is 16.7. The van der Waals surface area contributed by atoms with E-state index >= 15 is 0 Å². The zero-order chi connectivity index (χ0) is 24.8. The first kappa shape index (κ1) is 24.1. The van der Waals surface area contributed by atoms with Crippen LogP contribution in [0.3, 0.4) is 0 Å². The standard InChI is InChI=1S/C28H38B2O4/c1-17(2)24-26(5,6)32-29(31-24)18-11-13-20-21-14-12-19(16-23(21)25(3,4)22(20)15-18)30-33-27(7,8)28(9,10)34-30/h11-17,24H,1-10H3. The second-order valence-electron chi connectivity index (χ2n) is 12.7. The van der Waals surface area contributed by atoms with Gasteiger partial charge in [0.1, 0.15) is 0 Å². The first-order valence-corrected chi connectivity index (χ1v) is 12.6. The van der Waals surface area contributed by atoms with Gasteiger partial charge in [0.15, 0.2) is 0 Å². The van der Waals surface area contributed by atoms with E-state index < -0.39 is 0 Å². The topological polar surface area (TPSA) is 36.9 Å². The third kappa shape index (κ3) is 3.52. The van der Waals surface area contributed by atoms with Gasteiger partial charge in [-0.25, -0.2) is 0 Å². The van der Waals surface area contributed by atoms with Crippen molar-refractivity contribution in [3.63, 3.8) is 0 Å². The van der Waals surface area contributed by atoms with Crippen LogP contribution in [-0.2, 0) is 24.0 Å². The molecule has 5 rings (SSSR count). The third-order valence-corrected chi connectivity index (χ3v) is 8.49. The fourth-order valence-electron chi connectivity index (χ4n) is 5.82. The smallest absolute Gasteiger partial charge is 0.401 e. The van der Waals surface area contributed by atoms with E-state index in [4.69, 9.17) is 18.6 Å². The Balaban J connectivity index is 1.48. The molecule has 0 bridgehead atoms. The maximum Gasteiger partial charge on any atom is 0.494 e. The summed E-state index contributed by atoms with van der Waals surface area (Å²) in [6.07, 6.45) is 0.0680. The lowest BCUT2D eigenvalue weighted by Gasteiger charge is -2.32. The summed E-state index contributed by atoms with van der Waals surface area (Å²) in [5, 5.41) is 0. The summed E-state index contributed by atoms with van der Waals surface area (Å²) in [6.45, 7) is 21.6. The highest BCUT2D eigenvalue weighted by Gasteiger charge is 2.52. The summed E-state index contributed by atoms with van der Waals surface area (Å²) in [4.78, 5) is 0. The molecule has 2 heterocycles. The molecule has 1 unspecified atom stereocenters. The zero-order valence-corrected chi connectivity index (χ0v) is 22.4. The molecule has 0 saturated carbocycles. The normalized spacial score (nSPS) is 25.7. The van der Waals surface area contributed by atoms with Crippen molar-refractivity contribution in [1.82, 2.24) is 0 Å². The first-order chi connectivity index (χ1) is 15.6. The molecule has 3 aliphatic rings. The van der Waals surface area contributed by atoms with Crippen LogP contribution in [0.5, 0.6) is 0 Å². The second-order valence-corrected chi connectivity index (χ2v) is 12.7. The van der Waals surface area contributed by atoms with Crippen molar-refractivity contribution in [2.24, 2.45) is 5.92 Å². The van der Waals surface area contributed by atoms with Gasteiger partial charge >= 0.3 is 14.2 Å². The number of hydrogen-bond acceptors (Lipinski definition) is 4. The number of benzene rings is 2. The Labute approximate surface area is 206 Å². The van der Waals surface area contributed by atoms with Gasteiger partial charge < -0.3 is 18.6 Å². The molecule has 1 aliphatic carbocycles. The minimum Gasteiger partial charge on any atom is -0.401 e. The van der Waals surface area contributed by atoms with Gasteiger partial charge in [0, 0.05) is 5.41 Å². The molecule has 0 N–H and O–H groups in total. The summed E-state index contributed by atoms with van der Waals surface area (Å²) in [6, 6.07) is 13.3. The van der Waals surface area contributed by atoms with Crippen molar-refractivity contribution in [2.75, 3.05) is 0 Å². The summed E-state index contributed by atoms with van der Waals surface area (Å²) < 4.78 is 25.5.